The third kappa shape index (κ3) is 2.95. The Morgan fingerprint density at radius 2 is 1.86 bits per heavy atom. The minimum Gasteiger partial charge on any atom is -0.320 e. The number of carbonyl (C=O) groups excluding carboxylic acids is 1. The number of hydrogen-bond donors (Lipinski definition) is 1. The summed E-state index contributed by atoms with van der Waals surface area (Å²) < 4.78 is 1.84. The lowest BCUT2D eigenvalue weighted by atomic mass is 10.2. The van der Waals surface area contributed by atoms with Crippen LogP contribution in [0.3, 0.4) is 0 Å². The summed E-state index contributed by atoms with van der Waals surface area (Å²) in [5.74, 6) is -0.181. The summed E-state index contributed by atoms with van der Waals surface area (Å²) in [5, 5.41) is 3.51. The number of rotatable bonds is 3. The highest BCUT2D eigenvalue weighted by Crippen LogP contribution is 2.20. The number of carbonyl (C=O) groups is 1. The van der Waals surface area contributed by atoms with Gasteiger partial charge in [0.1, 0.15) is 0 Å². The number of nitrogens with zero attached hydrogens (tertiary/aromatic N) is 2. The van der Waals surface area contributed by atoms with Gasteiger partial charge in [-0.05, 0) is 36.4 Å². The molecule has 0 unspecified atom stereocenters. The van der Waals surface area contributed by atoms with Crippen LogP contribution in [0.5, 0.6) is 0 Å². The number of aromatic nitrogens is 2. The second-order valence-corrected chi connectivity index (χ2v) is 4.88. The van der Waals surface area contributed by atoms with Crippen molar-refractivity contribution in [1.29, 1.82) is 0 Å². The third-order valence-electron chi connectivity index (χ3n) is 3.04. The Morgan fingerprint density at radius 1 is 1.10 bits per heavy atom. The van der Waals surface area contributed by atoms with Gasteiger partial charge in [-0.15, -0.1) is 0 Å². The Bertz CT molecular complexity index is 751. The number of benzene rings is 2. The lowest BCUT2D eigenvalue weighted by Gasteiger charge is -2.11. The summed E-state index contributed by atoms with van der Waals surface area (Å²) in [6.45, 7) is 0. The lowest BCUT2D eigenvalue weighted by molar-refractivity contribution is 0.102. The number of imidazole rings is 1. The van der Waals surface area contributed by atoms with Gasteiger partial charge in [0.25, 0.3) is 5.91 Å². The highest BCUT2D eigenvalue weighted by Gasteiger charge is 2.09. The van der Waals surface area contributed by atoms with E-state index in [4.69, 9.17) is 11.6 Å². The van der Waals surface area contributed by atoms with Gasteiger partial charge in [0.15, 0.2) is 0 Å². The van der Waals surface area contributed by atoms with Crippen LogP contribution >= 0.6 is 11.6 Å². The number of para-hydroxylation sites is 2. The Hall–Kier alpha value is -2.59. The molecular formula is C16H12ClN3O. The molecule has 0 spiro atoms. The van der Waals surface area contributed by atoms with Gasteiger partial charge < -0.3 is 9.88 Å². The number of anilines is 1. The van der Waals surface area contributed by atoms with Gasteiger partial charge in [-0.3, -0.25) is 4.79 Å². The van der Waals surface area contributed by atoms with E-state index >= 15 is 0 Å². The van der Waals surface area contributed by atoms with Crippen molar-refractivity contribution in [3.63, 3.8) is 0 Å². The Balaban J connectivity index is 1.88. The topological polar surface area (TPSA) is 46.9 Å². The molecule has 0 aliphatic rings. The van der Waals surface area contributed by atoms with Crippen molar-refractivity contribution in [2.75, 3.05) is 5.32 Å². The van der Waals surface area contributed by atoms with Crippen molar-refractivity contribution in [2.45, 2.75) is 0 Å². The summed E-state index contributed by atoms with van der Waals surface area (Å²) in [6.07, 6.45) is 5.21. The zero-order chi connectivity index (χ0) is 14.7. The van der Waals surface area contributed by atoms with E-state index < -0.39 is 0 Å². The number of amides is 1. The summed E-state index contributed by atoms with van der Waals surface area (Å²) in [4.78, 5) is 16.3. The molecule has 104 valence electrons. The van der Waals surface area contributed by atoms with Crippen molar-refractivity contribution in [2.24, 2.45) is 0 Å². The van der Waals surface area contributed by atoms with E-state index in [-0.39, 0.29) is 5.91 Å². The number of nitrogens with one attached hydrogen (secondary N) is 1. The van der Waals surface area contributed by atoms with Crippen LogP contribution in [0, 0.1) is 0 Å². The first-order valence-electron chi connectivity index (χ1n) is 6.38. The van der Waals surface area contributed by atoms with Crippen molar-refractivity contribution >= 4 is 23.2 Å². The van der Waals surface area contributed by atoms with E-state index in [1.54, 1.807) is 36.8 Å². The summed E-state index contributed by atoms with van der Waals surface area (Å²) in [6, 6.07) is 14.3. The molecule has 0 atom stereocenters. The fourth-order valence-corrected chi connectivity index (χ4v) is 2.13. The average molecular weight is 298 g/mol. The van der Waals surface area contributed by atoms with E-state index in [0.29, 0.717) is 10.6 Å². The van der Waals surface area contributed by atoms with Crippen LogP contribution < -0.4 is 5.32 Å². The van der Waals surface area contributed by atoms with Crippen LogP contribution in [0.2, 0.25) is 5.02 Å². The molecule has 0 radical (unpaired) electrons. The molecule has 0 aliphatic carbocycles. The number of hydrogen-bond acceptors (Lipinski definition) is 2. The largest absolute Gasteiger partial charge is 0.320 e. The zero-order valence-corrected chi connectivity index (χ0v) is 11.8. The van der Waals surface area contributed by atoms with Crippen molar-refractivity contribution in [3.8, 4) is 5.69 Å². The van der Waals surface area contributed by atoms with Crippen LogP contribution in [0.1, 0.15) is 10.4 Å². The van der Waals surface area contributed by atoms with E-state index in [9.17, 15) is 4.79 Å². The van der Waals surface area contributed by atoms with Crippen molar-refractivity contribution in [3.05, 3.63) is 77.8 Å². The van der Waals surface area contributed by atoms with E-state index in [1.807, 2.05) is 35.0 Å². The molecule has 21 heavy (non-hydrogen) atoms. The molecule has 0 fully saturated rings. The summed E-state index contributed by atoms with van der Waals surface area (Å²) >= 11 is 5.83. The van der Waals surface area contributed by atoms with Gasteiger partial charge in [-0.25, -0.2) is 4.98 Å². The fraction of sp³-hybridized carbons (Fsp3) is 0. The molecule has 4 nitrogen and oxygen atoms in total. The maximum Gasteiger partial charge on any atom is 0.255 e. The minimum atomic E-state index is -0.181. The van der Waals surface area contributed by atoms with E-state index in [1.165, 1.54) is 0 Å². The predicted octanol–water partition coefficient (Wildman–Crippen LogP) is 3.78. The second kappa shape index (κ2) is 5.81. The molecule has 1 heterocycles. The van der Waals surface area contributed by atoms with Crippen LogP contribution in [-0.4, -0.2) is 15.5 Å². The Morgan fingerprint density at radius 3 is 2.57 bits per heavy atom. The van der Waals surface area contributed by atoms with Crippen molar-refractivity contribution < 1.29 is 4.79 Å². The first kappa shape index (κ1) is 13.4. The Kier molecular flexibility index (Phi) is 3.71. The summed E-state index contributed by atoms with van der Waals surface area (Å²) in [7, 11) is 0. The molecule has 0 saturated carbocycles. The maximum atomic E-state index is 12.3. The van der Waals surface area contributed by atoms with Gasteiger partial charge in [0.2, 0.25) is 0 Å². The molecule has 2 aromatic carbocycles. The molecule has 3 aromatic rings. The first-order valence-corrected chi connectivity index (χ1v) is 6.76. The zero-order valence-electron chi connectivity index (χ0n) is 11.0. The molecular weight excluding hydrogens is 286 g/mol. The summed E-state index contributed by atoms with van der Waals surface area (Å²) in [5.41, 5.74) is 2.13. The van der Waals surface area contributed by atoms with E-state index in [2.05, 4.69) is 10.3 Å². The van der Waals surface area contributed by atoms with Gasteiger partial charge in [0, 0.05) is 23.0 Å². The van der Waals surface area contributed by atoms with Crippen molar-refractivity contribution in [1.82, 2.24) is 9.55 Å². The van der Waals surface area contributed by atoms with Gasteiger partial charge in [-0.1, -0.05) is 23.7 Å². The highest BCUT2D eigenvalue weighted by molar-refractivity contribution is 6.30. The molecule has 0 bridgehead atoms. The molecule has 1 amide bonds. The predicted molar refractivity (Wildman–Crippen MR) is 83.0 cm³/mol. The lowest BCUT2D eigenvalue weighted by Crippen LogP contribution is -2.13. The SMILES string of the molecule is O=C(Nc1ccccc1-n1ccnc1)c1ccc(Cl)cc1. The minimum absolute atomic E-state index is 0.181. The second-order valence-electron chi connectivity index (χ2n) is 4.45. The average Bonchev–Trinajstić information content (AvgIpc) is 3.02. The highest BCUT2D eigenvalue weighted by atomic mass is 35.5. The molecule has 5 heteroatoms. The molecule has 1 N–H and O–H groups in total. The van der Waals surface area contributed by atoms with Crippen LogP contribution in [-0.2, 0) is 0 Å². The fourth-order valence-electron chi connectivity index (χ4n) is 2.00. The Labute approximate surface area is 127 Å². The quantitative estimate of drug-likeness (QED) is 0.800. The number of halogens is 1. The van der Waals surface area contributed by atoms with Crippen LogP contribution in [0.25, 0.3) is 5.69 Å². The molecule has 3 rings (SSSR count). The van der Waals surface area contributed by atoms with Gasteiger partial charge >= 0.3 is 0 Å². The van der Waals surface area contributed by atoms with Gasteiger partial charge in [0.05, 0.1) is 17.7 Å². The monoisotopic (exact) mass is 297 g/mol. The molecule has 1 aromatic heterocycles. The van der Waals surface area contributed by atoms with Crippen LogP contribution in [0.4, 0.5) is 5.69 Å². The third-order valence-corrected chi connectivity index (χ3v) is 3.29. The smallest absolute Gasteiger partial charge is 0.255 e. The van der Waals surface area contributed by atoms with Gasteiger partial charge in [-0.2, -0.15) is 0 Å². The normalized spacial score (nSPS) is 10.3. The molecule has 0 aliphatic heterocycles. The molecule has 0 saturated heterocycles. The van der Waals surface area contributed by atoms with E-state index in [0.717, 1.165) is 11.4 Å². The standard InChI is InChI=1S/C16H12ClN3O/c17-13-7-5-12(6-8-13)16(21)19-14-3-1-2-4-15(14)20-10-9-18-11-20/h1-11H,(H,19,21). The first-order chi connectivity index (χ1) is 10.2. The van der Waals surface area contributed by atoms with Crippen LogP contribution in [0.15, 0.2) is 67.3 Å². The maximum absolute atomic E-state index is 12.3.